The van der Waals surface area contributed by atoms with Gasteiger partial charge in [0, 0.05) is 173 Å². The fourth-order valence-corrected chi connectivity index (χ4v) is 22.7. The first-order valence-corrected chi connectivity index (χ1v) is 49.4. The molecular formula is C85H102F12N16O11S4. The molecule has 0 bridgehead atoms. The van der Waals surface area contributed by atoms with Gasteiger partial charge in [0.15, 0.2) is 22.8 Å². The van der Waals surface area contributed by atoms with E-state index in [1.165, 1.54) is 61.4 Å². The van der Waals surface area contributed by atoms with Crippen molar-refractivity contribution in [3.8, 4) is 0 Å². The van der Waals surface area contributed by atoms with Crippen LogP contribution >= 0.6 is 0 Å². The molecule has 128 heavy (non-hydrogen) atoms. The maximum atomic E-state index is 13.4. The molecule has 16 rings (SSSR count). The molecule has 4 N–H and O–H groups in total. The lowest BCUT2D eigenvalue weighted by atomic mass is 9.86. The Kier molecular flexibility index (Phi) is 28.9. The molecule has 8 aliphatic heterocycles. The van der Waals surface area contributed by atoms with E-state index in [1.807, 2.05) is 13.8 Å². The predicted octanol–water partition coefficient (Wildman–Crippen LogP) is 12.8. The Hall–Kier alpha value is -9.53. The van der Waals surface area contributed by atoms with Gasteiger partial charge >= 0.3 is 24.7 Å². The van der Waals surface area contributed by atoms with Crippen molar-refractivity contribution in [1.29, 1.82) is 0 Å². The first-order valence-electron chi connectivity index (χ1n) is 42.2. The molecular weight excluding hydrogens is 1780 g/mol. The van der Waals surface area contributed by atoms with Crippen LogP contribution in [0.1, 0.15) is 227 Å². The second-order valence-corrected chi connectivity index (χ2v) is 42.6. The van der Waals surface area contributed by atoms with Crippen molar-refractivity contribution in [2.45, 2.75) is 172 Å². The van der Waals surface area contributed by atoms with Crippen molar-refractivity contribution in [3.05, 3.63) is 209 Å². The maximum Gasteiger partial charge on any atom is 0.416 e. The van der Waals surface area contributed by atoms with Crippen LogP contribution in [0.3, 0.4) is 0 Å². The second kappa shape index (κ2) is 38.5. The Morgan fingerprint density at radius 3 is 0.898 bits per heavy atom. The van der Waals surface area contributed by atoms with Crippen LogP contribution in [-0.2, 0) is 116 Å². The molecule has 27 nitrogen and oxygen atoms in total. The number of sulfonamides is 3. The molecule has 12 heterocycles. The second-order valence-electron chi connectivity index (χ2n) is 33.9. The summed E-state index contributed by atoms with van der Waals surface area (Å²) in [5.41, 5.74) is 5.20. The average Bonchev–Trinajstić information content (AvgIpc) is 1.63. The minimum absolute atomic E-state index is 0.0133. The quantitative estimate of drug-likeness (QED) is 0.0547. The van der Waals surface area contributed by atoms with Crippen LogP contribution in [0.4, 0.5) is 52.7 Å². The fraction of sp³-hybridized carbons (Fsp3) is 0.518. The van der Waals surface area contributed by atoms with Gasteiger partial charge in [-0.1, -0.05) is 86.6 Å². The zero-order valence-corrected chi connectivity index (χ0v) is 74.3. The molecule has 8 aliphatic rings. The Morgan fingerprint density at radius 1 is 0.367 bits per heavy atom. The molecule has 8 aromatic rings. The number of carbonyl (C=O) groups excluding carboxylic acids is 4. The van der Waals surface area contributed by atoms with Gasteiger partial charge in [-0.2, -0.15) is 86.0 Å². The molecule has 0 aliphatic carbocycles. The number of alkyl halides is 12. The predicted molar refractivity (Wildman–Crippen MR) is 452 cm³/mol. The van der Waals surface area contributed by atoms with Gasteiger partial charge in [0.2, 0.25) is 30.1 Å². The average molecular weight is 1880 g/mol. The smallest absolute Gasteiger partial charge is 0.337 e. The van der Waals surface area contributed by atoms with Gasteiger partial charge < -0.3 is 19.6 Å². The first kappa shape index (κ1) is 96.0. The van der Waals surface area contributed by atoms with Crippen LogP contribution < -0.4 is 0 Å². The van der Waals surface area contributed by atoms with Gasteiger partial charge in [-0.15, -0.1) is 0 Å². The Labute approximate surface area is 734 Å². The Morgan fingerprint density at radius 2 is 0.625 bits per heavy atom. The van der Waals surface area contributed by atoms with E-state index in [0.717, 1.165) is 58.9 Å². The summed E-state index contributed by atoms with van der Waals surface area (Å²) in [5, 5.41) is 28.1. The Bertz CT molecular complexity index is 5840. The van der Waals surface area contributed by atoms with Gasteiger partial charge in [-0.05, 0) is 147 Å². The van der Waals surface area contributed by atoms with E-state index in [4.69, 9.17) is 0 Å². The van der Waals surface area contributed by atoms with Crippen LogP contribution in [0.15, 0.2) is 97.1 Å². The summed E-state index contributed by atoms with van der Waals surface area (Å²) in [6, 6.07) is 22.5. The SMILES string of the molecule is C=S(C)(=O)N1CCc2c(C(=O)N3CCC(c4ccccc4C(F)(F)F)CC3)n[nH]c2C1.CC(C)CS(=O)(=O)N1CCc2[nH]nc(C(=O)N3CCC(c4ccccc4C(F)(F)F)CC3)c2C1.CCS(=O)(=O)N1CCc2[nH]nc(C(=O)N3CCC(c4ccccc4C(F)(F)F)CC3)c2C1.CS(=O)(=O)N1CCc2[nH]nc(C(=O)N3CCC(c4ccccc4C(F)(F)F)CC3)c2C1. The van der Waals surface area contributed by atoms with Crippen molar-refractivity contribution < 1.29 is 101 Å². The standard InChI is InChI=1S/C23H29F3N4O3S.C21H25F3N4O3S.C21H25F3N4O2S.C20H23F3N4O3S/c1-15(2)14-34(32,33)30-12-9-20-18(13-30)21(28-27-20)22(31)29-10-7-16(8-11-29)17-5-3-4-6-19(17)23(24,25)26;1-2-32(30,31)28-12-9-18-16(13-28)19(26-25-18)20(29)27-10-7-14(8-11-27)15-5-3-4-6-17(15)21(22,23)24;1-31(2,30)28-12-9-16-18(13-28)25-26-19(16)20(29)27-10-7-14(8-11-27)15-5-3-4-6-17(15)21(22,23)24;1-31(29,30)27-11-8-17-15(12-27)18(25-24-17)19(28)26-9-6-13(7-10-26)14-4-2-3-5-16(14)20(21,22)23/h3-6,15-16H,7-14H2,1-2H3,(H,27,28);3-6,14H,2,7-13H2,1H3,(H,25,26);3-6,14H,1,7-13H2,2H3,(H,25,26);2-5,13H,6-12H2,1H3,(H,24,25). The molecule has 0 radical (unpaired) electrons. The number of carbonyl (C=O) groups is 4. The number of nitrogens with one attached hydrogen (secondary N) is 4. The molecule has 0 spiro atoms. The highest BCUT2D eigenvalue weighted by Gasteiger charge is 2.44. The minimum Gasteiger partial charge on any atom is -0.337 e. The monoisotopic (exact) mass is 1880 g/mol. The molecule has 4 saturated heterocycles. The van der Waals surface area contributed by atoms with Crippen LogP contribution in [-0.4, -0.2) is 239 Å². The first-order chi connectivity index (χ1) is 60.2. The highest BCUT2D eigenvalue weighted by molar-refractivity contribution is 7.97. The van der Waals surface area contributed by atoms with Crippen molar-refractivity contribution in [1.82, 2.24) is 77.6 Å². The van der Waals surface area contributed by atoms with Crippen LogP contribution in [0.2, 0.25) is 0 Å². The molecule has 0 saturated carbocycles. The fourth-order valence-electron chi connectivity index (χ4n) is 18.2. The van der Waals surface area contributed by atoms with Crippen molar-refractivity contribution >= 4 is 69.3 Å². The van der Waals surface area contributed by atoms with Gasteiger partial charge in [0.25, 0.3) is 23.6 Å². The number of likely N-dealkylation sites (tertiary alicyclic amines) is 4. The lowest BCUT2D eigenvalue weighted by Crippen LogP contribution is -2.41. The van der Waals surface area contributed by atoms with Crippen molar-refractivity contribution in [3.63, 3.8) is 0 Å². The van der Waals surface area contributed by atoms with E-state index in [0.29, 0.717) is 190 Å². The van der Waals surface area contributed by atoms with Gasteiger partial charge in [0.1, 0.15) is 0 Å². The minimum atomic E-state index is -4.42. The number of hydrogen-bond acceptors (Lipinski definition) is 15. The number of amides is 4. The summed E-state index contributed by atoms with van der Waals surface area (Å²) in [6.45, 7) is 10.1. The third-order valence-electron chi connectivity index (χ3n) is 25.1. The van der Waals surface area contributed by atoms with Crippen molar-refractivity contribution in [2.75, 3.05) is 103 Å². The molecule has 696 valence electrons. The molecule has 43 heteroatoms. The number of hydrogen-bond donors (Lipinski definition) is 4. The highest BCUT2D eigenvalue weighted by atomic mass is 32.2. The van der Waals surface area contributed by atoms with E-state index in [9.17, 15) is 101 Å². The molecule has 1 unspecified atom stereocenters. The summed E-state index contributed by atoms with van der Waals surface area (Å²) in [5.74, 6) is 1.46. The number of benzene rings is 4. The molecule has 1 atom stereocenters. The van der Waals surface area contributed by atoms with E-state index >= 15 is 0 Å². The number of halogens is 12. The summed E-state index contributed by atoms with van der Waals surface area (Å²) < 4.78 is 252. The Balaban J connectivity index is 0.000000146. The van der Waals surface area contributed by atoms with Crippen LogP contribution in [0.5, 0.6) is 0 Å². The maximum absolute atomic E-state index is 13.4. The highest BCUT2D eigenvalue weighted by Crippen LogP contribution is 2.45. The summed E-state index contributed by atoms with van der Waals surface area (Å²) in [7, 11) is -12.6. The van der Waals surface area contributed by atoms with Crippen LogP contribution in [0, 0.1) is 5.92 Å². The van der Waals surface area contributed by atoms with E-state index < -0.39 is 86.7 Å². The lowest BCUT2D eigenvalue weighted by Gasteiger charge is -2.33. The summed E-state index contributed by atoms with van der Waals surface area (Å²) >= 11 is 0. The number of aromatic nitrogens is 8. The zero-order valence-electron chi connectivity index (χ0n) is 71.1. The lowest BCUT2D eigenvalue weighted by molar-refractivity contribution is -0.139. The zero-order chi connectivity index (χ0) is 92.5. The van der Waals surface area contributed by atoms with E-state index in [2.05, 4.69) is 46.7 Å². The molecule has 4 aromatic heterocycles. The number of rotatable bonds is 15. The molecule has 4 fully saturated rings. The normalized spacial score (nSPS) is 19.0. The van der Waals surface area contributed by atoms with Gasteiger partial charge in [-0.3, -0.25) is 43.8 Å². The van der Waals surface area contributed by atoms with Crippen LogP contribution in [0.25, 0.3) is 0 Å². The third-order valence-corrected chi connectivity index (χ3v) is 31.7. The molecule has 4 aromatic carbocycles. The summed E-state index contributed by atoms with van der Waals surface area (Å²) in [4.78, 5) is 58.9. The van der Waals surface area contributed by atoms with E-state index in [-0.39, 0.29) is 118 Å². The molecule has 4 amide bonds. The number of fused-ring (bicyclic) bond motifs is 4. The number of piperidine rings is 4. The third kappa shape index (κ3) is 21.9. The van der Waals surface area contributed by atoms with Crippen molar-refractivity contribution in [2.24, 2.45) is 5.92 Å². The number of nitrogens with zero attached hydrogens (tertiary/aromatic N) is 12. The largest absolute Gasteiger partial charge is 0.416 e. The number of aromatic amines is 4. The topological polar surface area (TPSA) is 328 Å². The van der Waals surface area contributed by atoms with Gasteiger partial charge in [0.05, 0.1) is 52.3 Å². The van der Waals surface area contributed by atoms with E-state index in [1.54, 1.807) is 61.3 Å². The van der Waals surface area contributed by atoms with Gasteiger partial charge in [-0.25, -0.2) is 29.6 Å². The summed E-state index contributed by atoms with van der Waals surface area (Å²) in [6.07, 6.45) is -9.59. The number of H-pyrrole nitrogens is 4.